The van der Waals surface area contributed by atoms with E-state index in [2.05, 4.69) is 57.0 Å². The molecule has 3 aromatic rings. The summed E-state index contributed by atoms with van der Waals surface area (Å²) >= 11 is 0. The largest absolute Gasteiger partial charge is 0.299 e. The third-order valence-corrected chi connectivity index (χ3v) is 5.58. The Hall–Kier alpha value is -2.30. The van der Waals surface area contributed by atoms with Gasteiger partial charge >= 0.3 is 0 Å². The lowest BCUT2D eigenvalue weighted by atomic mass is 10.1. The summed E-state index contributed by atoms with van der Waals surface area (Å²) in [4.78, 5) is 14.0. The summed E-state index contributed by atoms with van der Waals surface area (Å²) in [7, 11) is 0. The maximum Gasteiger partial charge on any atom is 0.0702 e. The maximum absolute atomic E-state index is 4.44. The molecule has 1 fully saturated rings. The van der Waals surface area contributed by atoms with E-state index in [9.17, 15) is 0 Å². The molecule has 1 aliphatic rings. The van der Waals surface area contributed by atoms with Gasteiger partial charge in [0.2, 0.25) is 0 Å². The molecular weight excluding hydrogens is 332 g/mol. The van der Waals surface area contributed by atoms with Crippen LogP contribution < -0.4 is 0 Å². The monoisotopic (exact) mass is 360 g/mol. The zero-order chi connectivity index (χ0) is 18.5. The molecule has 0 amide bonds. The van der Waals surface area contributed by atoms with Crippen LogP contribution >= 0.6 is 0 Å². The van der Waals surface area contributed by atoms with Crippen molar-refractivity contribution < 1.29 is 0 Å². The van der Waals surface area contributed by atoms with Gasteiger partial charge in [-0.15, -0.1) is 0 Å². The Kier molecular flexibility index (Phi) is 5.75. The Morgan fingerprint density at radius 2 is 1.96 bits per heavy atom. The molecule has 1 atom stereocenters. The van der Waals surface area contributed by atoms with Crippen molar-refractivity contribution >= 4 is 10.9 Å². The number of aromatic nitrogens is 2. The van der Waals surface area contributed by atoms with Crippen molar-refractivity contribution in [1.29, 1.82) is 0 Å². The zero-order valence-corrected chi connectivity index (χ0v) is 16.1. The lowest BCUT2D eigenvalue weighted by Gasteiger charge is -2.30. The molecule has 2 aromatic heterocycles. The average molecular weight is 361 g/mol. The number of pyridine rings is 2. The highest BCUT2D eigenvalue weighted by atomic mass is 15.2. The van der Waals surface area contributed by atoms with Crippen LogP contribution in [0.3, 0.4) is 0 Å². The van der Waals surface area contributed by atoms with Crippen molar-refractivity contribution in [3.8, 4) is 0 Å². The molecule has 27 heavy (non-hydrogen) atoms. The molecule has 0 spiro atoms. The smallest absolute Gasteiger partial charge is 0.0702 e. The highest BCUT2D eigenvalue weighted by Crippen LogP contribution is 2.21. The van der Waals surface area contributed by atoms with Gasteiger partial charge < -0.3 is 0 Å². The first kappa shape index (κ1) is 18.1. The van der Waals surface area contributed by atoms with Crippen LogP contribution in [0.5, 0.6) is 0 Å². The Morgan fingerprint density at radius 1 is 1.07 bits per heavy atom. The molecule has 1 saturated heterocycles. The van der Waals surface area contributed by atoms with E-state index in [-0.39, 0.29) is 0 Å². The first-order valence-corrected chi connectivity index (χ1v) is 10.0. The van der Waals surface area contributed by atoms with Gasteiger partial charge in [-0.25, -0.2) is 0 Å². The van der Waals surface area contributed by atoms with Crippen LogP contribution in [0.1, 0.15) is 30.9 Å². The van der Waals surface area contributed by atoms with Crippen molar-refractivity contribution in [2.45, 2.75) is 38.9 Å². The van der Waals surface area contributed by atoms with Gasteiger partial charge in [-0.1, -0.05) is 25.1 Å². The molecule has 0 radical (unpaired) electrons. The third kappa shape index (κ3) is 4.52. The summed E-state index contributed by atoms with van der Waals surface area (Å²) in [5.41, 5.74) is 3.69. The molecule has 0 saturated carbocycles. The van der Waals surface area contributed by atoms with Gasteiger partial charge in [0, 0.05) is 49.7 Å². The molecule has 1 aliphatic heterocycles. The number of fused-ring (bicyclic) bond motifs is 1. The molecule has 3 heterocycles. The van der Waals surface area contributed by atoms with Gasteiger partial charge in [0.1, 0.15) is 0 Å². The summed E-state index contributed by atoms with van der Waals surface area (Å²) in [6.45, 7) is 7.66. The number of hydrogen-bond donors (Lipinski definition) is 0. The highest BCUT2D eigenvalue weighted by Gasteiger charge is 2.25. The minimum Gasteiger partial charge on any atom is -0.299 e. The van der Waals surface area contributed by atoms with Gasteiger partial charge in [-0.05, 0) is 61.3 Å². The normalized spacial score (nSPS) is 17.8. The molecule has 4 rings (SSSR count). The van der Waals surface area contributed by atoms with E-state index >= 15 is 0 Å². The van der Waals surface area contributed by atoms with Crippen molar-refractivity contribution in [3.05, 3.63) is 72.2 Å². The molecule has 1 aromatic carbocycles. The quantitative estimate of drug-likeness (QED) is 0.634. The molecule has 0 N–H and O–H groups in total. The van der Waals surface area contributed by atoms with E-state index in [4.69, 9.17) is 0 Å². The first-order chi connectivity index (χ1) is 13.3. The van der Waals surface area contributed by atoms with Crippen molar-refractivity contribution in [1.82, 2.24) is 19.8 Å². The van der Waals surface area contributed by atoms with Gasteiger partial charge in [-0.2, -0.15) is 0 Å². The van der Waals surface area contributed by atoms with E-state index in [0.29, 0.717) is 6.04 Å². The van der Waals surface area contributed by atoms with E-state index in [0.717, 1.165) is 31.7 Å². The van der Waals surface area contributed by atoms with Crippen LogP contribution in [-0.4, -0.2) is 45.4 Å². The molecular formula is C23H28N4. The second kappa shape index (κ2) is 8.59. The molecule has 140 valence electrons. The molecule has 4 heteroatoms. The molecule has 0 bridgehead atoms. The summed E-state index contributed by atoms with van der Waals surface area (Å²) in [5, 5.41) is 1.22. The van der Waals surface area contributed by atoms with Crippen LogP contribution in [0.4, 0.5) is 0 Å². The van der Waals surface area contributed by atoms with Crippen molar-refractivity contribution in [2.24, 2.45) is 0 Å². The average Bonchev–Trinajstić information content (AvgIpc) is 3.16. The van der Waals surface area contributed by atoms with Crippen molar-refractivity contribution in [2.75, 3.05) is 19.6 Å². The second-order valence-electron chi connectivity index (χ2n) is 7.49. The fraction of sp³-hybridized carbons (Fsp3) is 0.391. The number of benzene rings is 1. The number of likely N-dealkylation sites (tertiary alicyclic amines) is 1. The topological polar surface area (TPSA) is 32.3 Å². The lowest BCUT2D eigenvalue weighted by Crippen LogP contribution is -2.39. The zero-order valence-electron chi connectivity index (χ0n) is 16.1. The standard InChI is InChI=1S/C23H28N4/c1-2-27-13-5-8-22(27)18-26(17-20-6-3-11-24-15-20)16-19-9-10-23-21(14-19)7-4-12-25-23/h3-4,6-7,9-12,14-15,22H,2,5,8,13,16-18H2,1H3/t22-/m0/s1. The van der Waals surface area contributed by atoms with Crippen molar-refractivity contribution in [3.63, 3.8) is 0 Å². The van der Waals surface area contributed by atoms with E-state index in [1.807, 2.05) is 30.7 Å². The highest BCUT2D eigenvalue weighted by molar-refractivity contribution is 5.78. The first-order valence-electron chi connectivity index (χ1n) is 10.0. The number of hydrogen-bond acceptors (Lipinski definition) is 4. The van der Waals surface area contributed by atoms with Gasteiger partial charge in [-0.3, -0.25) is 19.8 Å². The molecule has 4 nitrogen and oxygen atoms in total. The Balaban J connectivity index is 1.54. The second-order valence-corrected chi connectivity index (χ2v) is 7.49. The fourth-order valence-corrected chi connectivity index (χ4v) is 4.23. The van der Waals surface area contributed by atoms with Crippen LogP contribution in [0.25, 0.3) is 10.9 Å². The van der Waals surface area contributed by atoms with Crippen LogP contribution in [0.2, 0.25) is 0 Å². The predicted molar refractivity (Wildman–Crippen MR) is 110 cm³/mol. The Morgan fingerprint density at radius 3 is 2.81 bits per heavy atom. The Bertz CT molecular complexity index is 864. The number of nitrogens with zero attached hydrogens (tertiary/aromatic N) is 4. The Labute approximate surface area is 161 Å². The van der Waals surface area contributed by atoms with Gasteiger partial charge in [0.25, 0.3) is 0 Å². The summed E-state index contributed by atoms with van der Waals surface area (Å²) in [6, 6.07) is 15.7. The van der Waals surface area contributed by atoms with E-state index in [1.54, 1.807) is 0 Å². The van der Waals surface area contributed by atoms with Crippen LogP contribution in [0, 0.1) is 0 Å². The minimum atomic E-state index is 0.661. The van der Waals surface area contributed by atoms with E-state index < -0.39 is 0 Å². The number of likely N-dealkylation sites (N-methyl/N-ethyl adjacent to an activating group) is 1. The summed E-state index contributed by atoms with van der Waals surface area (Å²) in [6.07, 6.45) is 8.32. The minimum absolute atomic E-state index is 0.661. The number of rotatable bonds is 7. The third-order valence-electron chi connectivity index (χ3n) is 5.58. The lowest BCUT2D eigenvalue weighted by molar-refractivity contribution is 0.166. The molecule has 0 unspecified atom stereocenters. The summed E-state index contributed by atoms with van der Waals surface area (Å²) in [5.74, 6) is 0. The molecule has 0 aliphatic carbocycles. The van der Waals surface area contributed by atoms with Gasteiger partial charge in [0.15, 0.2) is 0 Å². The van der Waals surface area contributed by atoms with E-state index in [1.165, 1.54) is 35.9 Å². The van der Waals surface area contributed by atoms with Crippen LogP contribution in [-0.2, 0) is 13.1 Å². The SMILES string of the molecule is CCN1CCC[C@H]1CN(Cc1cccnc1)Cc1ccc2ncccc2c1. The van der Waals surface area contributed by atoms with Gasteiger partial charge in [0.05, 0.1) is 5.52 Å². The maximum atomic E-state index is 4.44. The fourth-order valence-electron chi connectivity index (χ4n) is 4.23. The predicted octanol–water partition coefficient (Wildman–Crippen LogP) is 4.12. The summed E-state index contributed by atoms with van der Waals surface area (Å²) < 4.78 is 0. The van der Waals surface area contributed by atoms with Crippen LogP contribution in [0.15, 0.2) is 61.1 Å².